The predicted octanol–water partition coefficient (Wildman–Crippen LogP) is 7.44. The Bertz CT molecular complexity index is 1580. The van der Waals surface area contributed by atoms with E-state index in [0.29, 0.717) is 5.82 Å². The molecule has 192 valence electrons. The Morgan fingerprint density at radius 3 is 1.54 bits per heavy atom. The van der Waals surface area contributed by atoms with Gasteiger partial charge in [-0.1, -0.05) is 109 Å². The van der Waals surface area contributed by atoms with E-state index in [4.69, 9.17) is 19.3 Å². The van der Waals surface area contributed by atoms with E-state index in [2.05, 4.69) is 100 Å². The van der Waals surface area contributed by atoms with Crippen molar-refractivity contribution < 1.29 is 9.31 Å². The van der Waals surface area contributed by atoms with Gasteiger partial charge in [-0.15, -0.1) is 0 Å². The van der Waals surface area contributed by atoms with Crippen LogP contribution in [-0.2, 0) is 9.31 Å². The molecule has 4 aromatic carbocycles. The van der Waals surface area contributed by atoms with Gasteiger partial charge < -0.3 is 9.31 Å². The van der Waals surface area contributed by atoms with Crippen LogP contribution in [0.25, 0.3) is 45.0 Å². The monoisotopic (exact) mass is 510 g/mol. The van der Waals surface area contributed by atoms with Gasteiger partial charge in [0, 0.05) is 16.7 Å². The number of hydrogen-bond donors (Lipinski definition) is 0. The summed E-state index contributed by atoms with van der Waals surface area (Å²) in [5, 5.41) is 0. The second-order valence-corrected chi connectivity index (χ2v) is 11.0. The van der Waals surface area contributed by atoms with E-state index in [9.17, 15) is 0 Å². The highest BCUT2D eigenvalue weighted by Gasteiger charge is 2.51. The smallest absolute Gasteiger partial charge is 0.399 e. The van der Waals surface area contributed by atoms with E-state index in [1.165, 1.54) is 11.1 Å². The first-order chi connectivity index (χ1) is 18.8. The summed E-state index contributed by atoms with van der Waals surface area (Å²) in [6.45, 7) is 8.27. The summed E-state index contributed by atoms with van der Waals surface area (Å²) in [5.74, 6) is 0.664. The van der Waals surface area contributed by atoms with E-state index in [1.807, 2.05) is 42.5 Å². The molecule has 1 fully saturated rings. The molecule has 1 saturated heterocycles. The van der Waals surface area contributed by atoms with Crippen LogP contribution in [0.3, 0.4) is 0 Å². The van der Waals surface area contributed by atoms with Crippen molar-refractivity contribution in [3.05, 3.63) is 115 Å². The fraction of sp³-hybridized carbons (Fsp3) is 0.176. The lowest BCUT2D eigenvalue weighted by Crippen LogP contribution is -2.41. The molecule has 1 aromatic heterocycles. The minimum atomic E-state index is -0.447. The number of benzene rings is 4. The molecule has 0 N–H and O–H groups in total. The lowest BCUT2D eigenvalue weighted by Gasteiger charge is -2.32. The number of aromatic nitrogens is 2. The maximum absolute atomic E-state index is 6.31. The Hall–Kier alpha value is -4.06. The first-order valence-corrected chi connectivity index (χ1v) is 13.4. The summed E-state index contributed by atoms with van der Waals surface area (Å²) in [6.07, 6.45) is 0. The van der Waals surface area contributed by atoms with Crippen molar-refractivity contribution in [2.75, 3.05) is 0 Å². The van der Waals surface area contributed by atoms with E-state index in [1.54, 1.807) is 0 Å². The van der Waals surface area contributed by atoms with Crippen LogP contribution in [0.4, 0.5) is 0 Å². The molecule has 0 spiro atoms. The molecule has 0 saturated carbocycles. The molecule has 1 aliphatic heterocycles. The van der Waals surface area contributed by atoms with Crippen LogP contribution < -0.4 is 5.46 Å². The molecular weight excluding hydrogens is 479 g/mol. The third kappa shape index (κ3) is 5.03. The molecule has 39 heavy (non-hydrogen) atoms. The molecule has 5 heteroatoms. The molecule has 2 heterocycles. The third-order valence-corrected chi connectivity index (χ3v) is 7.75. The molecular formula is C34H31BN2O2. The molecule has 0 aliphatic carbocycles. The van der Waals surface area contributed by atoms with Gasteiger partial charge >= 0.3 is 7.12 Å². The topological polar surface area (TPSA) is 44.2 Å². The Labute approximate surface area is 230 Å². The molecule has 6 rings (SSSR count). The minimum Gasteiger partial charge on any atom is -0.399 e. The zero-order valence-corrected chi connectivity index (χ0v) is 22.8. The van der Waals surface area contributed by atoms with Crippen molar-refractivity contribution >= 4 is 12.6 Å². The maximum Gasteiger partial charge on any atom is 0.494 e. The Morgan fingerprint density at radius 1 is 0.487 bits per heavy atom. The second-order valence-electron chi connectivity index (χ2n) is 11.0. The van der Waals surface area contributed by atoms with E-state index in [-0.39, 0.29) is 0 Å². The highest BCUT2D eigenvalue weighted by atomic mass is 16.7. The van der Waals surface area contributed by atoms with Gasteiger partial charge in [-0.2, -0.15) is 0 Å². The number of nitrogens with zero attached hydrogens (tertiary/aromatic N) is 2. The Balaban J connectivity index is 1.41. The van der Waals surface area contributed by atoms with Crippen molar-refractivity contribution in [1.29, 1.82) is 0 Å². The predicted molar refractivity (Wildman–Crippen MR) is 159 cm³/mol. The molecule has 4 nitrogen and oxygen atoms in total. The number of rotatable bonds is 5. The second kappa shape index (κ2) is 9.92. The fourth-order valence-corrected chi connectivity index (χ4v) is 4.75. The van der Waals surface area contributed by atoms with Crippen LogP contribution in [0.5, 0.6) is 0 Å². The molecule has 0 radical (unpaired) electrons. The first-order valence-electron chi connectivity index (χ1n) is 13.4. The SMILES string of the molecule is CC1(C)OB(c2cccc(-c3nc(-c4ccccc4)cc(-c4ccc(-c5ccccc5)cc4)n3)c2)OC1(C)C. The zero-order valence-electron chi connectivity index (χ0n) is 22.8. The largest absolute Gasteiger partial charge is 0.494 e. The summed E-state index contributed by atoms with van der Waals surface area (Å²) in [6, 6.07) is 39.4. The van der Waals surface area contributed by atoms with Crippen LogP contribution in [0.2, 0.25) is 0 Å². The van der Waals surface area contributed by atoms with Gasteiger partial charge in [0.2, 0.25) is 0 Å². The Kier molecular flexibility index (Phi) is 6.42. The quantitative estimate of drug-likeness (QED) is 0.231. The van der Waals surface area contributed by atoms with Crippen molar-refractivity contribution in [2.24, 2.45) is 0 Å². The molecule has 0 unspecified atom stereocenters. The van der Waals surface area contributed by atoms with Gasteiger partial charge in [0.15, 0.2) is 5.82 Å². The lowest BCUT2D eigenvalue weighted by molar-refractivity contribution is 0.00578. The van der Waals surface area contributed by atoms with Gasteiger partial charge in [0.1, 0.15) is 0 Å². The summed E-state index contributed by atoms with van der Waals surface area (Å²) in [5.41, 5.74) is 7.26. The molecule has 5 aromatic rings. The molecule has 1 aliphatic rings. The standard InChI is InChI=1S/C34H31BN2O2/c1-33(2)34(3,4)39-35(38-33)29-17-11-16-28(22-29)32-36-30(26-14-9-6-10-15-26)23-31(37-32)27-20-18-25(19-21-27)24-12-7-5-8-13-24/h5-23H,1-4H3. The van der Waals surface area contributed by atoms with Gasteiger partial charge in [0.05, 0.1) is 22.6 Å². The van der Waals surface area contributed by atoms with Crippen LogP contribution in [0.1, 0.15) is 27.7 Å². The van der Waals surface area contributed by atoms with Crippen molar-refractivity contribution in [1.82, 2.24) is 9.97 Å². The van der Waals surface area contributed by atoms with Gasteiger partial charge in [-0.05, 0) is 50.4 Å². The average molecular weight is 510 g/mol. The summed E-state index contributed by atoms with van der Waals surface area (Å²) >= 11 is 0. The average Bonchev–Trinajstić information content (AvgIpc) is 3.20. The summed E-state index contributed by atoms with van der Waals surface area (Å²) < 4.78 is 12.6. The normalized spacial score (nSPS) is 15.8. The van der Waals surface area contributed by atoms with E-state index < -0.39 is 18.3 Å². The van der Waals surface area contributed by atoms with Gasteiger partial charge in [0.25, 0.3) is 0 Å². The van der Waals surface area contributed by atoms with Crippen molar-refractivity contribution in [3.8, 4) is 45.0 Å². The van der Waals surface area contributed by atoms with Gasteiger partial charge in [-0.25, -0.2) is 9.97 Å². The Morgan fingerprint density at radius 2 is 0.949 bits per heavy atom. The highest BCUT2D eigenvalue weighted by Crippen LogP contribution is 2.37. The molecule has 0 amide bonds. The van der Waals surface area contributed by atoms with Crippen LogP contribution >= 0.6 is 0 Å². The van der Waals surface area contributed by atoms with E-state index in [0.717, 1.165) is 33.5 Å². The summed E-state index contributed by atoms with van der Waals surface area (Å²) in [7, 11) is -0.447. The fourth-order valence-electron chi connectivity index (χ4n) is 4.75. The zero-order chi connectivity index (χ0) is 27.0. The van der Waals surface area contributed by atoms with Gasteiger partial charge in [-0.3, -0.25) is 0 Å². The third-order valence-electron chi connectivity index (χ3n) is 7.75. The van der Waals surface area contributed by atoms with Crippen molar-refractivity contribution in [3.63, 3.8) is 0 Å². The van der Waals surface area contributed by atoms with E-state index >= 15 is 0 Å². The molecule has 0 bridgehead atoms. The lowest BCUT2D eigenvalue weighted by atomic mass is 9.78. The van der Waals surface area contributed by atoms with Crippen molar-refractivity contribution in [2.45, 2.75) is 38.9 Å². The maximum atomic E-state index is 6.31. The number of hydrogen-bond acceptors (Lipinski definition) is 4. The van der Waals surface area contributed by atoms with Crippen LogP contribution in [-0.4, -0.2) is 28.3 Å². The summed E-state index contributed by atoms with van der Waals surface area (Å²) in [4.78, 5) is 10.0. The van der Waals surface area contributed by atoms with Crippen LogP contribution in [0.15, 0.2) is 115 Å². The first kappa shape index (κ1) is 25.2. The highest BCUT2D eigenvalue weighted by molar-refractivity contribution is 6.62. The molecule has 0 atom stereocenters. The minimum absolute atomic E-state index is 0.406. The van der Waals surface area contributed by atoms with Crippen LogP contribution in [0, 0.1) is 0 Å².